The van der Waals surface area contributed by atoms with E-state index in [4.69, 9.17) is 20.9 Å². The van der Waals surface area contributed by atoms with Crippen molar-refractivity contribution in [1.82, 2.24) is 0 Å². The molecule has 0 unspecified atom stereocenters. The first-order valence-electron chi connectivity index (χ1n) is 5.66. The Bertz CT molecular complexity index is 360. The van der Waals surface area contributed by atoms with Crippen molar-refractivity contribution < 1.29 is 9.47 Å². The van der Waals surface area contributed by atoms with Crippen LogP contribution in [0.15, 0.2) is 18.2 Å². The van der Waals surface area contributed by atoms with Gasteiger partial charge in [0.15, 0.2) is 11.5 Å². The zero-order valence-electron chi connectivity index (χ0n) is 9.72. The van der Waals surface area contributed by atoms with Gasteiger partial charge in [0.2, 0.25) is 6.79 Å². The van der Waals surface area contributed by atoms with Crippen LogP contribution in [0.4, 0.5) is 0 Å². The Morgan fingerprint density at radius 1 is 1.18 bits per heavy atom. The molecular weight excluding hydrogens is 240 g/mol. The summed E-state index contributed by atoms with van der Waals surface area (Å²) in [7, 11) is 0. The van der Waals surface area contributed by atoms with Crippen LogP contribution in [0.2, 0.25) is 0 Å². The fraction of sp³-hybridized carbons (Fsp3) is 0.500. The van der Waals surface area contributed by atoms with E-state index in [9.17, 15) is 0 Å². The summed E-state index contributed by atoms with van der Waals surface area (Å²) in [5.74, 6) is 1.60. The van der Waals surface area contributed by atoms with E-state index in [2.05, 4.69) is 0 Å². The minimum absolute atomic E-state index is 0. The van der Waals surface area contributed by atoms with E-state index in [1.54, 1.807) is 0 Å². The number of halogens is 1. The van der Waals surface area contributed by atoms with E-state index in [1.165, 1.54) is 0 Å². The minimum atomic E-state index is 0. The van der Waals surface area contributed by atoms with E-state index >= 15 is 0 Å². The Labute approximate surface area is 108 Å². The summed E-state index contributed by atoms with van der Waals surface area (Å²) in [4.78, 5) is 0. The van der Waals surface area contributed by atoms with Crippen LogP contribution in [0, 0.1) is 0 Å². The van der Waals surface area contributed by atoms with Gasteiger partial charge in [-0.2, -0.15) is 0 Å². The lowest BCUT2D eigenvalue weighted by atomic mass is 10.0. The third-order valence-electron chi connectivity index (χ3n) is 2.79. The number of hydrogen-bond acceptors (Lipinski definition) is 4. The molecule has 0 radical (unpaired) electrons. The smallest absolute Gasteiger partial charge is 0.231 e. The predicted molar refractivity (Wildman–Crippen MR) is 69.6 cm³/mol. The van der Waals surface area contributed by atoms with Crippen LogP contribution in [0.25, 0.3) is 0 Å². The van der Waals surface area contributed by atoms with Crippen LogP contribution in [-0.2, 0) is 0 Å². The Kier molecular flexibility index (Phi) is 5.55. The van der Waals surface area contributed by atoms with Crippen LogP contribution in [0.5, 0.6) is 11.5 Å². The van der Waals surface area contributed by atoms with Crippen molar-refractivity contribution in [2.45, 2.75) is 25.3 Å². The van der Waals surface area contributed by atoms with Crippen molar-refractivity contribution in [2.75, 3.05) is 13.3 Å². The molecule has 1 aliphatic heterocycles. The maximum atomic E-state index is 6.09. The lowest BCUT2D eigenvalue weighted by molar-refractivity contribution is 0.174. The molecule has 2 rings (SSSR count). The predicted octanol–water partition coefficient (Wildman–Crippen LogP) is 1.97. The lowest BCUT2D eigenvalue weighted by Gasteiger charge is -2.12. The van der Waals surface area contributed by atoms with E-state index in [-0.39, 0.29) is 18.4 Å². The third-order valence-corrected chi connectivity index (χ3v) is 2.79. The maximum absolute atomic E-state index is 6.09. The highest BCUT2D eigenvalue weighted by Gasteiger charge is 2.15. The second-order valence-electron chi connectivity index (χ2n) is 4.00. The molecule has 1 aromatic rings. The minimum Gasteiger partial charge on any atom is -0.454 e. The van der Waals surface area contributed by atoms with Crippen LogP contribution in [0.3, 0.4) is 0 Å². The SMILES string of the molecule is Cl.NCCCC[C@@H](N)c1ccc2c(c1)OCO2. The van der Waals surface area contributed by atoms with Gasteiger partial charge in [0, 0.05) is 6.04 Å². The molecule has 96 valence electrons. The first-order valence-corrected chi connectivity index (χ1v) is 5.66. The zero-order valence-corrected chi connectivity index (χ0v) is 10.5. The number of nitrogens with two attached hydrogens (primary N) is 2. The van der Waals surface area contributed by atoms with E-state index in [0.717, 1.165) is 42.9 Å². The van der Waals surface area contributed by atoms with Crippen molar-refractivity contribution in [3.05, 3.63) is 23.8 Å². The molecule has 0 aromatic heterocycles. The quantitative estimate of drug-likeness (QED) is 0.792. The monoisotopic (exact) mass is 258 g/mol. The molecule has 0 aliphatic carbocycles. The second-order valence-corrected chi connectivity index (χ2v) is 4.00. The molecule has 0 saturated carbocycles. The molecule has 1 atom stereocenters. The van der Waals surface area contributed by atoms with Gasteiger partial charge in [-0.3, -0.25) is 0 Å². The fourth-order valence-electron chi connectivity index (χ4n) is 1.82. The van der Waals surface area contributed by atoms with Crippen LogP contribution >= 0.6 is 12.4 Å². The molecule has 0 spiro atoms. The normalized spacial score (nSPS) is 14.2. The standard InChI is InChI=1S/C12H18N2O2.ClH/c13-6-2-1-3-10(14)9-4-5-11-12(7-9)16-8-15-11;/h4-5,7,10H,1-3,6,8,13-14H2;1H/t10-;/m1./s1. The molecule has 5 heteroatoms. The first-order chi connectivity index (χ1) is 7.81. The highest BCUT2D eigenvalue weighted by atomic mass is 35.5. The average Bonchev–Trinajstić information content (AvgIpc) is 2.76. The Balaban J connectivity index is 0.00000144. The lowest BCUT2D eigenvalue weighted by Crippen LogP contribution is -2.11. The molecule has 0 amide bonds. The summed E-state index contributed by atoms with van der Waals surface area (Å²) >= 11 is 0. The summed E-state index contributed by atoms with van der Waals surface area (Å²) in [5.41, 5.74) is 12.6. The van der Waals surface area contributed by atoms with Gasteiger partial charge < -0.3 is 20.9 Å². The van der Waals surface area contributed by atoms with Crippen molar-refractivity contribution in [2.24, 2.45) is 11.5 Å². The van der Waals surface area contributed by atoms with Crippen LogP contribution < -0.4 is 20.9 Å². The summed E-state index contributed by atoms with van der Waals surface area (Å²) < 4.78 is 10.6. The van der Waals surface area contributed by atoms with Gasteiger partial charge in [0.05, 0.1) is 0 Å². The van der Waals surface area contributed by atoms with Gasteiger partial charge in [-0.25, -0.2) is 0 Å². The molecule has 17 heavy (non-hydrogen) atoms. The number of unbranched alkanes of at least 4 members (excludes halogenated alkanes) is 1. The van der Waals surface area contributed by atoms with Crippen molar-refractivity contribution >= 4 is 12.4 Å². The van der Waals surface area contributed by atoms with Gasteiger partial charge in [-0.1, -0.05) is 12.5 Å². The maximum Gasteiger partial charge on any atom is 0.231 e. The molecule has 1 heterocycles. The molecule has 1 aromatic carbocycles. The highest BCUT2D eigenvalue weighted by Crippen LogP contribution is 2.34. The van der Waals surface area contributed by atoms with Crippen molar-refractivity contribution in [1.29, 1.82) is 0 Å². The molecule has 0 saturated heterocycles. The molecule has 0 fully saturated rings. The molecule has 4 nitrogen and oxygen atoms in total. The Hall–Kier alpha value is -0.970. The van der Waals surface area contributed by atoms with Gasteiger partial charge in [-0.05, 0) is 37.1 Å². The number of fused-ring (bicyclic) bond motifs is 1. The summed E-state index contributed by atoms with van der Waals surface area (Å²) in [6.45, 7) is 1.04. The average molecular weight is 259 g/mol. The van der Waals surface area contributed by atoms with Gasteiger partial charge in [-0.15, -0.1) is 12.4 Å². The Morgan fingerprint density at radius 2 is 1.94 bits per heavy atom. The largest absolute Gasteiger partial charge is 0.454 e. The molecular formula is C12H19ClN2O2. The molecule has 0 bridgehead atoms. The van der Waals surface area contributed by atoms with E-state index < -0.39 is 0 Å². The van der Waals surface area contributed by atoms with E-state index in [0.29, 0.717) is 6.79 Å². The summed E-state index contributed by atoms with van der Waals surface area (Å²) in [6, 6.07) is 5.94. The molecule has 4 N–H and O–H groups in total. The molecule has 1 aliphatic rings. The fourth-order valence-corrected chi connectivity index (χ4v) is 1.82. The Morgan fingerprint density at radius 3 is 2.71 bits per heavy atom. The summed E-state index contributed by atoms with van der Waals surface area (Å²) in [6.07, 6.45) is 3.04. The number of benzene rings is 1. The zero-order chi connectivity index (χ0) is 11.4. The number of rotatable bonds is 5. The summed E-state index contributed by atoms with van der Waals surface area (Å²) in [5, 5.41) is 0. The van der Waals surface area contributed by atoms with Crippen LogP contribution in [0.1, 0.15) is 30.9 Å². The van der Waals surface area contributed by atoms with Crippen LogP contribution in [-0.4, -0.2) is 13.3 Å². The third kappa shape index (κ3) is 3.49. The number of ether oxygens (including phenoxy) is 2. The second kappa shape index (κ2) is 6.69. The topological polar surface area (TPSA) is 70.5 Å². The van der Waals surface area contributed by atoms with Gasteiger partial charge in [0.25, 0.3) is 0 Å². The highest BCUT2D eigenvalue weighted by molar-refractivity contribution is 5.85. The van der Waals surface area contributed by atoms with Gasteiger partial charge in [0.1, 0.15) is 0 Å². The first kappa shape index (κ1) is 14.1. The van der Waals surface area contributed by atoms with Gasteiger partial charge >= 0.3 is 0 Å². The van der Waals surface area contributed by atoms with Crippen molar-refractivity contribution in [3.63, 3.8) is 0 Å². The van der Waals surface area contributed by atoms with Crippen molar-refractivity contribution in [3.8, 4) is 11.5 Å². The number of hydrogen-bond donors (Lipinski definition) is 2. The van der Waals surface area contributed by atoms with E-state index in [1.807, 2.05) is 18.2 Å².